The topological polar surface area (TPSA) is 56.4 Å². The van der Waals surface area contributed by atoms with Crippen LogP contribution in [0.2, 0.25) is 0 Å². The first-order valence-electron chi connectivity index (χ1n) is 9.58. The summed E-state index contributed by atoms with van der Waals surface area (Å²) in [5.41, 5.74) is 2.32. The van der Waals surface area contributed by atoms with Crippen LogP contribution in [0.1, 0.15) is 61.1 Å². The molecule has 1 aromatic carbocycles. The fourth-order valence-corrected chi connectivity index (χ4v) is 3.63. The Morgan fingerprint density at radius 3 is 2.52 bits per heavy atom. The summed E-state index contributed by atoms with van der Waals surface area (Å²) in [7, 11) is 3.34. The maximum absolute atomic E-state index is 15.2. The first kappa shape index (κ1) is 20.9. The van der Waals surface area contributed by atoms with E-state index in [0.29, 0.717) is 23.3 Å². The highest BCUT2D eigenvalue weighted by Gasteiger charge is 2.27. The minimum absolute atomic E-state index is 0.0166. The van der Waals surface area contributed by atoms with Crippen molar-refractivity contribution in [2.45, 2.75) is 46.5 Å². The van der Waals surface area contributed by atoms with Crippen LogP contribution in [0.4, 0.5) is 4.39 Å². The van der Waals surface area contributed by atoms with E-state index in [-0.39, 0.29) is 23.5 Å². The summed E-state index contributed by atoms with van der Waals surface area (Å²) < 4.78 is 15.2. The van der Waals surface area contributed by atoms with Gasteiger partial charge < -0.3 is 14.8 Å². The van der Waals surface area contributed by atoms with Gasteiger partial charge in [-0.1, -0.05) is 19.9 Å². The second-order valence-corrected chi connectivity index (χ2v) is 7.07. The number of piperidine rings is 1. The zero-order valence-electron chi connectivity index (χ0n) is 17.1. The Bertz CT molecular complexity index is 842. The number of rotatable bonds is 2. The van der Waals surface area contributed by atoms with Crippen LogP contribution < -0.4 is 0 Å². The maximum atomic E-state index is 15.2. The summed E-state index contributed by atoms with van der Waals surface area (Å²) in [4.78, 5) is 30.0. The predicted octanol–water partition coefficient (Wildman–Crippen LogP) is 4.07. The number of carbonyl (C=O) groups is 2. The molecule has 5 nitrogen and oxygen atoms in total. The molecule has 1 aromatic heterocycles. The quantitative estimate of drug-likeness (QED) is 0.860. The summed E-state index contributed by atoms with van der Waals surface area (Å²) in [5.74, 6) is -0.482. The molecule has 0 aliphatic carbocycles. The summed E-state index contributed by atoms with van der Waals surface area (Å²) in [6.45, 7) is 8.76. The smallest absolute Gasteiger partial charge is 0.269 e. The Morgan fingerprint density at radius 1 is 1.26 bits per heavy atom. The van der Waals surface area contributed by atoms with Crippen molar-refractivity contribution in [1.29, 1.82) is 0 Å². The maximum Gasteiger partial charge on any atom is 0.269 e. The van der Waals surface area contributed by atoms with Gasteiger partial charge in [-0.05, 0) is 37.0 Å². The lowest BCUT2D eigenvalue weighted by atomic mass is 9.88. The van der Waals surface area contributed by atoms with Crippen LogP contribution in [0.3, 0.4) is 0 Å². The summed E-state index contributed by atoms with van der Waals surface area (Å²) in [6.07, 6.45) is 1.73. The van der Waals surface area contributed by atoms with Crippen molar-refractivity contribution >= 4 is 22.7 Å². The molecule has 2 heterocycles. The van der Waals surface area contributed by atoms with Crippen LogP contribution in [0, 0.1) is 12.7 Å². The van der Waals surface area contributed by atoms with E-state index in [1.165, 1.54) is 4.90 Å². The summed E-state index contributed by atoms with van der Waals surface area (Å²) in [6, 6.07) is 3.58. The first-order valence-corrected chi connectivity index (χ1v) is 9.58. The molecule has 0 bridgehead atoms. The van der Waals surface area contributed by atoms with E-state index >= 15 is 4.39 Å². The average molecular weight is 375 g/mol. The molecule has 1 fully saturated rings. The van der Waals surface area contributed by atoms with E-state index in [1.807, 2.05) is 26.8 Å². The molecule has 1 atom stereocenters. The largest absolute Gasteiger partial charge is 0.348 e. The zero-order valence-corrected chi connectivity index (χ0v) is 17.1. The van der Waals surface area contributed by atoms with E-state index in [4.69, 9.17) is 0 Å². The van der Waals surface area contributed by atoms with Gasteiger partial charge in [0.2, 0.25) is 5.91 Å². The van der Waals surface area contributed by atoms with Gasteiger partial charge >= 0.3 is 0 Å². The standard InChI is InChI=1S/C19H24FN3O2.C2H6/c1-11-8-15(13-6-5-7-23(10-13)12(2)24)17(20)18-14(11)9-16(21-18)19(25)22(3)4;1-2/h8-9,13,21H,5-7,10H2,1-4H3;1-2H3. The number of aryl methyl sites for hydroxylation is 1. The minimum atomic E-state index is -0.311. The zero-order chi connectivity index (χ0) is 20.3. The van der Waals surface area contributed by atoms with Crippen LogP contribution in [0.15, 0.2) is 12.1 Å². The van der Waals surface area contributed by atoms with Crippen molar-refractivity contribution in [1.82, 2.24) is 14.8 Å². The number of aromatic nitrogens is 1. The van der Waals surface area contributed by atoms with Gasteiger partial charge in [-0.3, -0.25) is 9.59 Å². The molecular weight excluding hydrogens is 345 g/mol. The molecular formula is C21H30FN3O2. The van der Waals surface area contributed by atoms with Crippen LogP contribution in [0.5, 0.6) is 0 Å². The molecule has 148 valence electrons. The van der Waals surface area contributed by atoms with Crippen LogP contribution in [-0.4, -0.2) is 53.8 Å². The molecule has 2 aromatic rings. The Balaban J connectivity index is 0.00000126. The fourth-order valence-electron chi connectivity index (χ4n) is 3.63. The number of H-pyrrole nitrogens is 1. The highest BCUT2D eigenvalue weighted by molar-refractivity contribution is 5.99. The second-order valence-electron chi connectivity index (χ2n) is 7.07. The number of fused-ring (bicyclic) bond motifs is 1. The fraction of sp³-hybridized carbons (Fsp3) is 0.524. The molecule has 1 saturated heterocycles. The SMILES string of the molecule is CC.CC(=O)N1CCCC(c2cc(C)c3cc(C(=O)N(C)C)[nH]c3c2F)C1. The van der Waals surface area contributed by atoms with E-state index in [2.05, 4.69) is 4.98 Å². The summed E-state index contributed by atoms with van der Waals surface area (Å²) >= 11 is 0. The highest BCUT2D eigenvalue weighted by Crippen LogP contribution is 2.34. The molecule has 0 spiro atoms. The molecule has 0 radical (unpaired) electrons. The Morgan fingerprint density at radius 2 is 1.93 bits per heavy atom. The Labute approximate surface area is 160 Å². The molecule has 1 unspecified atom stereocenters. The monoisotopic (exact) mass is 375 g/mol. The van der Waals surface area contributed by atoms with E-state index in [1.54, 1.807) is 32.0 Å². The Hall–Kier alpha value is -2.37. The third-order valence-corrected chi connectivity index (χ3v) is 5.03. The molecule has 0 saturated carbocycles. The normalized spacial score (nSPS) is 16.7. The van der Waals surface area contributed by atoms with Crippen LogP contribution >= 0.6 is 0 Å². The third kappa shape index (κ3) is 4.15. The predicted molar refractivity (Wildman–Crippen MR) is 107 cm³/mol. The number of hydrogen-bond acceptors (Lipinski definition) is 2. The van der Waals surface area contributed by atoms with Gasteiger partial charge in [0.15, 0.2) is 5.82 Å². The van der Waals surface area contributed by atoms with Gasteiger partial charge in [0.25, 0.3) is 5.91 Å². The number of halogens is 1. The van der Waals surface area contributed by atoms with E-state index in [9.17, 15) is 9.59 Å². The number of likely N-dealkylation sites (tertiary alicyclic amines) is 1. The van der Waals surface area contributed by atoms with Gasteiger partial charge in [-0.15, -0.1) is 0 Å². The number of aromatic amines is 1. The van der Waals surface area contributed by atoms with Crippen molar-refractivity contribution < 1.29 is 14.0 Å². The lowest BCUT2D eigenvalue weighted by Crippen LogP contribution is -2.37. The molecule has 1 aliphatic heterocycles. The molecule has 1 N–H and O–H groups in total. The number of hydrogen-bond donors (Lipinski definition) is 1. The average Bonchev–Trinajstić information content (AvgIpc) is 3.12. The van der Waals surface area contributed by atoms with Gasteiger partial charge in [0.1, 0.15) is 5.69 Å². The van der Waals surface area contributed by atoms with Gasteiger partial charge in [-0.2, -0.15) is 0 Å². The van der Waals surface area contributed by atoms with Crippen molar-refractivity contribution in [3.05, 3.63) is 34.8 Å². The molecule has 27 heavy (non-hydrogen) atoms. The summed E-state index contributed by atoms with van der Waals surface area (Å²) in [5, 5.41) is 0.727. The van der Waals surface area contributed by atoms with Crippen LogP contribution in [0.25, 0.3) is 10.9 Å². The minimum Gasteiger partial charge on any atom is -0.348 e. The lowest BCUT2D eigenvalue weighted by Gasteiger charge is -2.32. The molecule has 6 heteroatoms. The Kier molecular flexibility index (Phi) is 6.63. The third-order valence-electron chi connectivity index (χ3n) is 5.03. The first-order chi connectivity index (χ1) is 12.8. The van der Waals surface area contributed by atoms with Gasteiger partial charge in [-0.25, -0.2) is 4.39 Å². The van der Waals surface area contributed by atoms with E-state index in [0.717, 1.165) is 30.3 Å². The lowest BCUT2D eigenvalue weighted by molar-refractivity contribution is -0.130. The van der Waals surface area contributed by atoms with Gasteiger partial charge in [0.05, 0.1) is 5.52 Å². The molecule has 3 rings (SSSR count). The number of carbonyl (C=O) groups excluding carboxylic acids is 2. The molecule has 1 aliphatic rings. The van der Waals surface area contributed by atoms with Crippen molar-refractivity contribution in [3.8, 4) is 0 Å². The van der Waals surface area contributed by atoms with Gasteiger partial charge in [0, 0.05) is 45.4 Å². The number of nitrogens with zero attached hydrogens (tertiary/aromatic N) is 2. The second kappa shape index (κ2) is 8.55. The van der Waals surface area contributed by atoms with Crippen molar-refractivity contribution in [3.63, 3.8) is 0 Å². The number of benzene rings is 1. The molecule has 2 amide bonds. The van der Waals surface area contributed by atoms with Crippen molar-refractivity contribution in [2.75, 3.05) is 27.2 Å². The number of nitrogens with one attached hydrogen (secondary N) is 1. The number of amides is 2. The van der Waals surface area contributed by atoms with Crippen LogP contribution in [-0.2, 0) is 4.79 Å². The van der Waals surface area contributed by atoms with E-state index < -0.39 is 0 Å². The van der Waals surface area contributed by atoms with Crippen molar-refractivity contribution in [2.24, 2.45) is 0 Å². The highest BCUT2D eigenvalue weighted by atomic mass is 19.1.